The van der Waals surface area contributed by atoms with Crippen molar-refractivity contribution < 1.29 is 0 Å². The Hall–Kier alpha value is -1.53. The first kappa shape index (κ1) is 14.4. The molecule has 1 fully saturated rings. The lowest BCUT2D eigenvalue weighted by atomic mass is 9.94. The summed E-state index contributed by atoms with van der Waals surface area (Å²) in [6.45, 7) is 6.81. The number of aromatic nitrogens is 3. The van der Waals surface area contributed by atoms with Gasteiger partial charge in [-0.15, -0.1) is 11.3 Å². The van der Waals surface area contributed by atoms with E-state index in [0.717, 1.165) is 23.2 Å². The Balaban J connectivity index is 1.66. The predicted octanol–water partition coefficient (Wildman–Crippen LogP) is 3.26. The zero-order chi connectivity index (χ0) is 14.7. The number of anilines is 2. The Labute approximate surface area is 129 Å². The fourth-order valence-corrected chi connectivity index (χ4v) is 3.26. The van der Waals surface area contributed by atoms with E-state index >= 15 is 0 Å². The van der Waals surface area contributed by atoms with E-state index in [1.54, 1.807) is 17.5 Å². The number of piperidine rings is 1. The average molecular weight is 303 g/mol. The van der Waals surface area contributed by atoms with Crippen molar-refractivity contribution in [3.63, 3.8) is 0 Å². The summed E-state index contributed by atoms with van der Waals surface area (Å²) in [7, 11) is 0. The summed E-state index contributed by atoms with van der Waals surface area (Å²) in [5, 5.41) is 5.95. The summed E-state index contributed by atoms with van der Waals surface area (Å²) in [4.78, 5) is 15.8. The van der Waals surface area contributed by atoms with Gasteiger partial charge < -0.3 is 10.2 Å². The van der Waals surface area contributed by atoms with E-state index in [1.165, 1.54) is 19.4 Å². The molecule has 21 heavy (non-hydrogen) atoms. The summed E-state index contributed by atoms with van der Waals surface area (Å²) >= 11 is 1.56. The van der Waals surface area contributed by atoms with Crippen LogP contribution in [-0.2, 0) is 0 Å². The summed E-state index contributed by atoms with van der Waals surface area (Å²) in [5.41, 5.74) is 1.10. The minimum atomic E-state index is 0.502. The predicted molar refractivity (Wildman–Crippen MR) is 86.1 cm³/mol. The molecule has 2 aromatic rings. The third-order valence-corrected chi connectivity index (χ3v) is 4.63. The number of likely N-dealkylation sites (tertiary alicyclic amines) is 1. The second-order valence-corrected chi connectivity index (χ2v) is 6.61. The van der Waals surface area contributed by atoms with E-state index in [0.29, 0.717) is 12.0 Å². The maximum atomic E-state index is 4.60. The Morgan fingerprint density at radius 2 is 2.19 bits per heavy atom. The summed E-state index contributed by atoms with van der Waals surface area (Å²) in [5.74, 6) is 1.26. The van der Waals surface area contributed by atoms with Gasteiger partial charge in [-0.1, -0.05) is 0 Å². The highest BCUT2D eigenvalue weighted by Crippen LogP contribution is 2.26. The molecule has 112 valence electrons. The van der Waals surface area contributed by atoms with Gasteiger partial charge >= 0.3 is 0 Å². The third-order valence-electron chi connectivity index (χ3n) is 3.94. The van der Waals surface area contributed by atoms with Crippen LogP contribution >= 0.6 is 11.3 Å². The van der Waals surface area contributed by atoms with Crippen molar-refractivity contribution in [2.45, 2.75) is 38.6 Å². The molecule has 5 nitrogen and oxygen atoms in total. The van der Waals surface area contributed by atoms with Gasteiger partial charge in [0.15, 0.2) is 10.9 Å². The van der Waals surface area contributed by atoms with Crippen LogP contribution in [0.2, 0.25) is 0 Å². The molecule has 6 heteroatoms. The van der Waals surface area contributed by atoms with Crippen molar-refractivity contribution in [1.29, 1.82) is 0 Å². The smallest absolute Gasteiger partial charge is 0.188 e. The van der Waals surface area contributed by atoms with Gasteiger partial charge in [0.25, 0.3) is 0 Å². The van der Waals surface area contributed by atoms with Crippen LogP contribution in [0.5, 0.6) is 0 Å². The normalized spacial score (nSPS) is 19.9. The van der Waals surface area contributed by atoms with Crippen LogP contribution in [0.3, 0.4) is 0 Å². The van der Waals surface area contributed by atoms with Crippen LogP contribution in [0.4, 0.5) is 10.9 Å². The lowest BCUT2D eigenvalue weighted by Crippen LogP contribution is -2.39. The van der Waals surface area contributed by atoms with Crippen molar-refractivity contribution >= 4 is 22.3 Å². The molecule has 1 N–H and O–H groups in total. The second-order valence-electron chi connectivity index (χ2n) is 5.72. The van der Waals surface area contributed by atoms with E-state index in [1.807, 2.05) is 17.8 Å². The Morgan fingerprint density at radius 3 is 2.86 bits per heavy atom. The number of nitrogens with zero attached hydrogens (tertiary/aromatic N) is 4. The lowest BCUT2D eigenvalue weighted by Gasteiger charge is -2.35. The van der Waals surface area contributed by atoms with E-state index in [4.69, 9.17) is 0 Å². The van der Waals surface area contributed by atoms with Crippen LogP contribution in [0.1, 0.15) is 38.3 Å². The minimum Gasteiger partial charge on any atom is -0.315 e. The van der Waals surface area contributed by atoms with Crippen LogP contribution in [0, 0.1) is 0 Å². The summed E-state index contributed by atoms with van der Waals surface area (Å²) in [6, 6.07) is 0.603. The number of hydrogen-bond donors (Lipinski definition) is 1. The SMILES string of the molecule is CC(C)N1CCCC(c2cnc(Nc3nccs3)cn2)C1. The lowest BCUT2D eigenvalue weighted by molar-refractivity contribution is 0.166. The molecule has 2 aromatic heterocycles. The van der Waals surface area contributed by atoms with E-state index < -0.39 is 0 Å². The molecule has 1 unspecified atom stereocenters. The molecule has 1 saturated heterocycles. The van der Waals surface area contributed by atoms with E-state index in [9.17, 15) is 0 Å². The molecular weight excluding hydrogens is 282 g/mol. The number of rotatable bonds is 4. The molecule has 1 aliphatic rings. The quantitative estimate of drug-likeness (QED) is 0.939. The molecule has 3 heterocycles. The number of thiazole rings is 1. The van der Waals surface area contributed by atoms with Crippen molar-refractivity contribution in [2.24, 2.45) is 0 Å². The van der Waals surface area contributed by atoms with Crippen LogP contribution in [0.15, 0.2) is 24.0 Å². The molecule has 0 bridgehead atoms. The van der Waals surface area contributed by atoms with E-state index in [2.05, 4.69) is 39.0 Å². The molecule has 0 radical (unpaired) electrons. The third kappa shape index (κ3) is 3.57. The first-order valence-electron chi connectivity index (χ1n) is 7.45. The van der Waals surface area contributed by atoms with Crippen molar-refractivity contribution in [3.05, 3.63) is 29.7 Å². The first-order valence-corrected chi connectivity index (χ1v) is 8.33. The molecule has 1 atom stereocenters. The Bertz CT molecular complexity index is 552. The molecule has 0 amide bonds. The van der Waals surface area contributed by atoms with Crippen LogP contribution in [-0.4, -0.2) is 39.0 Å². The fourth-order valence-electron chi connectivity index (χ4n) is 2.72. The molecule has 0 saturated carbocycles. The van der Waals surface area contributed by atoms with E-state index in [-0.39, 0.29) is 0 Å². The summed E-state index contributed by atoms with van der Waals surface area (Å²) in [6.07, 6.45) is 7.94. The molecule has 3 rings (SSSR count). The van der Waals surface area contributed by atoms with Gasteiger partial charge in [-0.05, 0) is 33.2 Å². The number of nitrogens with one attached hydrogen (secondary N) is 1. The van der Waals surface area contributed by atoms with Crippen molar-refractivity contribution in [1.82, 2.24) is 19.9 Å². The zero-order valence-corrected chi connectivity index (χ0v) is 13.3. The van der Waals surface area contributed by atoms with Crippen LogP contribution < -0.4 is 5.32 Å². The highest BCUT2D eigenvalue weighted by Gasteiger charge is 2.23. The number of hydrogen-bond acceptors (Lipinski definition) is 6. The summed E-state index contributed by atoms with van der Waals surface area (Å²) < 4.78 is 0. The minimum absolute atomic E-state index is 0.502. The second kappa shape index (κ2) is 6.49. The van der Waals surface area contributed by atoms with Crippen molar-refractivity contribution in [2.75, 3.05) is 18.4 Å². The zero-order valence-electron chi connectivity index (χ0n) is 12.5. The van der Waals surface area contributed by atoms with Gasteiger partial charge in [0.05, 0.1) is 18.1 Å². The molecule has 1 aliphatic heterocycles. The van der Waals surface area contributed by atoms with Gasteiger partial charge in [0.2, 0.25) is 0 Å². The first-order chi connectivity index (χ1) is 10.2. The molecule has 0 aromatic carbocycles. The standard InChI is InChI=1S/C15H21N5S/c1-11(2)20-6-3-4-12(10-20)13-8-18-14(9-17-13)19-15-16-5-7-21-15/h5,7-9,11-12H,3-4,6,10H2,1-2H3,(H,16,18,19). The maximum Gasteiger partial charge on any atom is 0.188 e. The topological polar surface area (TPSA) is 53.9 Å². The van der Waals surface area contributed by atoms with Crippen LogP contribution in [0.25, 0.3) is 0 Å². The average Bonchev–Trinajstić information content (AvgIpc) is 3.01. The maximum absolute atomic E-state index is 4.60. The molecule has 0 spiro atoms. The van der Waals surface area contributed by atoms with Gasteiger partial charge in [-0.3, -0.25) is 4.98 Å². The van der Waals surface area contributed by atoms with Gasteiger partial charge in [0, 0.05) is 30.1 Å². The molecule has 0 aliphatic carbocycles. The van der Waals surface area contributed by atoms with Gasteiger partial charge in [-0.25, -0.2) is 9.97 Å². The largest absolute Gasteiger partial charge is 0.315 e. The Morgan fingerprint density at radius 1 is 1.29 bits per heavy atom. The highest BCUT2D eigenvalue weighted by atomic mass is 32.1. The monoisotopic (exact) mass is 303 g/mol. The van der Waals surface area contributed by atoms with Gasteiger partial charge in [0.1, 0.15) is 0 Å². The highest BCUT2D eigenvalue weighted by molar-refractivity contribution is 7.13. The van der Waals surface area contributed by atoms with Crippen molar-refractivity contribution in [3.8, 4) is 0 Å². The Kier molecular flexibility index (Phi) is 4.45. The molecular formula is C15H21N5S. The fraction of sp³-hybridized carbons (Fsp3) is 0.533. The van der Waals surface area contributed by atoms with Gasteiger partial charge in [-0.2, -0.15) is 0 Å².